The smallest absolute Gasteiger partial charge is 0.177 e. The third kappa shape index (κ3) is 3.51. The van der Waals surface area contributed by atoms with E-state index < -0.39 is 15.4 Å². The van der Waals surface area contributed by atoms with E-state index in [1.54, 1.807) is 44.2 Å². The number of benzene rings is 1. The van der Waals surface area contributed by atoms with E-state index in [1.807, 2.05) is 6.92 Å². The van der Waals surface area contributed by atoms with E-state index in [2.05, 4.69) is 5.32 Å². The molecule has 0 bridgehead atoms. The molecule has 2 rings (SSSR count). The average molecular weight is 323 g/mol. The number of rotatable bonds is 5. The van der Waals surface area contributed by atoms with Gasteiger partial charge in [0.05, 0.1) is 10.6 Å². The van der Waals surface area contributed by atoms with E-state index in [4.69, 9.17) is 4.42 Å². The molecule has 2 aromatic rings. The molecule has 6 heteroatoms. The summed E-state index contributed by atoms with van der Waals surface area (Å²) in [7, 11) is -3.33. The predicted molar refractivity (Wildman–Crippen MR) is 85.8 cm³/mol. The number of furan rings is 1. The molecule has 0 aliphatic rings. The molecule has 0 spiro atoms. The van der Waals surface area contributed by atoms with E-state index in [0.717, 1.165) is 12.0 Å². The summed E-state index contributed by atoms with van der Waals surface area (Å²) < 4.78 is 29.0. The van der Waals surface area contributed by atoms with Crippen LogP contribution in [0, 0.1) is 13.8 Å². The highest BCUT2D eigenvalue weighted by Gasteiger charge is 2.28. The van der Waals surface area contributed by atoms with Crippen molar-refractivity contribution in [2.45, 2.75) is 31.3 Å². The number of anilines is 1. The lowest BCUT2D eigenvalue weighted by atomic mass is 9.96. The number of hydrogen-bond donors (Lipinski definition) is 2. The zero-order valence-electron chi connectivity index (χ0n) is 13.2. The van der Waals surface area contributed by atoms with Crippen molar-refractivity contribution in [1.82, 2.24) is 0 Å². The third-order valence-corrected chi connectivity index (χ3v) is 4.69. The fourth-order valence-corrected chi connectivity index (χ4v) is 3.33. The molecule has 0 aliphatic heterocycles. The second-order valence-corrected chi connectivity index (χ2v) is 7.71. The van der Waals surface area contributed by atoms with Gasteiger partial charge in [-0.3, -0.25) is 0 Å². The molecular formula is C16H21NO4S. The highest BCUT2D eigenvalue weighted by atomic mass is 32.2. The Balaban J connectivity index is 2.25. The van der Waals surface area contributed by atoms with Crippen molar-refractivity contribution in [3.63, 3.8) is 0 Å². The van der Waals surface area contributed by atoms with Gasteiger partial charge in [0.2, 0.25) is 0 Å². The minimum Gasteiger partial charge on any atom is -0.466 e. The van der Waals surface area contributed by atoms with Crippen molar-refractivity contribution in [1.29, 1.82) is 0 Å². The molecule has 0 fully saturated rings. The maximum atomic E-state index is 11.8. The maximum Gasteiger partial charge on any atom is 0.177 e. The van der Waals surface area contributed by atoms with Gasteiger partial charge in [0.25, 0.3) is 0 Å². The lowest BCUT2D eigenvalue weighted by molar-refractivity contribution is 0.0699. The van der Waals surface area contributed by atoms with Crippen molar-refractivity contribution in [2.75, 3.05) is 18.1 Å². The Morgan fingerprint density at radius 1 is 1.27 bits per heavy atom. The average Bonchev–Trinajstić information content (AvgIpc) is 2.76. The second-order valence-electron chi connectivity index (χ2n) is 5.72. The van der Waals surface area contributed by atoms with Crippen LogP contribution in [0.3, 0.4) is 0 Å². The lowest BCUT2D eigenvalue weighted by Crippen LogP contribution is -2.31. The second kappa shape index (κ2) is 5.78. The molecule has 5 nitrogen and oxygen atoms in total. The topological polar surface area (TPSA) is 79.5 Å². The first-order valence-corrected chi connectivity index (χ1v) is 8.83. The summed E-state index contributed by atoms with van der Waals surface area (Å²) in [5.74, 6) is 1.38. The molecule has 1 aromatic carbocycles. The van der Waals surface area contributed by atoms with Gasteiger partial charge in [0.15, 0.2) is 9.84 Å². The van der Waals surface area contributed by atoms with Gasteiger partial charge in [-0.15, -0.1) is 0 Å². The SMILES string of the molecule is Cc1cc([C@](C)(O)CNc2ccccc2S(C)(=O)=O)c(C)o1. The highest BCUT2D eigenvalue weighted by Crippen LogP contribution is 2.28. The van der Waals surface area contributed by atoms with Gasteiger partial charge < -0.3 is 14.8 Å². The van der Waals surface area contributed by atoms with Crippen LogP contribution in [0.5, 0.6) is 0 Å². The number of para-hydroxylation sites is 1. The number of sulfone groups is 1. The molecular weight excluding hydrogens is 302 g/mol. The first kappa shape index (κ1) is 16.6. The van der Waals surface area contributed by atoms with E-state index in [1.165, 1.54) is 0 Å². The minimum atomic E-state index is -3.33. The van der Waals surface area contributed by atoms with E-state index >= 15 is 0 Å². The molecule has 0 unspecified atom stereocenters. The first-order valence-electron chi connectivity index (χ1n) is 6.94. The Bertz CT molecular complexity index is 775. The Labute approximate surface area is 130 Å². The Kier molecular flexibility index (Phi) is 4.35. The molecule has 0 amide bonds. The van der Waals surface area contributed by atoms with Crippen LogP contribution in [0.2, 0.25) is 0 Å². The van der Waals surface area contributed by atoms with Gasteiger partial charge in [-0.1, -0.05) is 12.1 Å². The normalized spacial score (nSPS) is 14.6. The summed E-state index contributed by atoms with van der Waals surface area (Å²) in [6.07, 6.45) is 1.16. The van der Waals surface area contributed by atoms with Crippen molar-refractivity contribution in [3.8, 4) is 0 Å². The largest absolute Gasteiger partial charge is 0.466 e. The van der Waals surface area contributed by atoms with E-state index in [9.17, 15) is 13.5 Å². The van der Waals surface area contributed by atoms with Crippen molar-refractivity contribution in [3.05, 3.63) is 47.4 Å². The van der Waals surface area contributed by atoms with Crippen LogP contribution in [0.25, 0.3) is 0 Å². The highest BCUT2D eigenvalue weighted by molar-refractivity contribution is 7.90. The van der Waals surface area contributed by atoms with Crippen molar-refractivity contribution < 1.29 is 17.9 Å². The molecule has 2 N–H and O–H groups in total. The summed E-state index contributed by atoms with van der Waals surface area (Å²) in [6.45, 7) is 5.44. The number of aryl methyl sites for hydroxylation is 2. The van der Waals surface area contributed by atoms with Crippen molar-refractivity contribution >= 4 is 15.5 Å². The fourth-order valence-electron chi connectivity index (χ4n) is 2.46. The number of aliphatic hydroxyl groups is 1. The molecule has 1 atom stereocenters. The quantitative estimate of drug-likeness (QED) is 0.884. The van der Waals surface area contributed by atoms with Gasteiger partial charge in [-0.2, -0.15) is 0 Å². The Morgan fingerprint density at radius 2 is 1.91 bits per heavy atom. The summed E-state index contributed by atoms with van der Waals surface area (Å²) in [5, 5.41) is 13.7. The molecule has 0 saturated heterocycles. The predicted octanol–water partition coefficient (Wildman–Crippen LogP) is 2.62. The number of hydrogen-bond acceptors (Lipinski definition) is 5. The Morgan fingerprint density at radius 3 is 2.45 bits per heavy atom. The van der Waals surface area contributed by atoms with Crippen LogP contribution in [0.15, 0.2) is 39.6 Å². The molecule has 0 radical (unpaired) electrons. The maximum absolute atomic E-state index is 11.8. The lowest BCUT2D eigenvalue weighted by Gasteiger charge is -2.24. The van der Waals surface area contributed by atoms with Crippen LogP contribution in [0.1, 0.15) is 24.0 Å². The summed E-state index contributed by atoms with van der Waals surface area (Å²) in [5.41, 5.74) is -0.00981. The molecule has 0 aliphatic carbocycles. The summed E-state index contributed by atoms with van der Waals surface area (Å²) in [4.78, 5) is 0.214. The van der Waals surface area contributed by atoms with Crippen molar-refractivity contribution in [2.24, 2.45) is 0 Å². The van der Waals surface area contributed by atoms with Gasteiger partial charge in [-0.25, -0.2) is 8.42 Å². The summed E-state index contributed by atoms with van der Waals surface area (Å²) in [6, 6.07) is 8.43. The molecule has 1 heterocycles. The standard InChI is InChI=1S/C16H21NO4S/c1-11-9-13(12(2)21-11)16(3,18)10-17-14-7-5-6-8-15(14)22(4,19)20/h5-9,17-18H,10H2,1-4H3/t16-/m1/s1. The van der Waals surface area contributed by atoms with Gasteiger partial charge in [0.1, 0.15) is 17.1 Å². The summed E-state index contributed by atoms with van der Waals surface area (Å²) >= 11 is 0. The van der Waals surface area contributed by atoms with Crippen LogP contribution >= 0.6 is 0 Å². The molecule has 120 valence electrons. The van der Waals surface area contributed by atoms with Gasteiger partial charge in [-0.05, 0) is 39.0 Å². The molecule has 0 saturated carbocycles. The zero-order chi connectivity index (χ0) is 16.5. The number of nitrogens with one attached hydrogen (secondary N) is 1. The van der Waals surface area contributed by atoms with E-state index in [-0.39, 0.29) is 11.4 Å². The first-order chi connectivity index (χ1) is 10.1. The van der Waals surface area contributed by atoms with E-state index in [0.29, 0.717) is 17.0 Å². The van der Waals surface area contributed by atoms with Crippen LogP contribution in [-0.2, 0) is 15.4 Å². The van der Waals surface area contributed by atoms with Gasteiger partial charge >= 0.3 is 0 Å². The van der Waals surface area contributed by atoms with Crippen LogP contribution < -0.4 is 5.32 Å². The van der Waals surface area contributed by atoms with Crippen LogP contribution in [-0.4, -0.2) is 26.3 Å². The van der Waals surface area contributed by atoms with Gasteiger partial charge in [0, 0.05) is 18.4 Å². The Hall–Kier alpha value is -1.79. The minimum absolute atomic E-state index is 0.166. The zero-order valence-corrected chi connectivity index (χ0v) is 14.0. The molecule has 22 heavy (non-hydrogen) atoms. The van der Waals surface area contributed by atoms with Crippen LogP contribution in [0.4, 0.5) is 5.69 Å². The monoisotopic (exact) mass is 323 g/mol. The third-order valence-electron chi connectivity index (χ3n) is 3.53. The fraction of sp³-hybridized carbons (Fsp3) is 0.375. The molecule has 1 aromatic heterocycles.